The Morgan fingerprint density at radius 2 is 1.91 bits per heavy atom. The summed E-state index contributed by atoms with van der Waals surface area (Å²) < 4.78 is 24.9. The maximum absolute atomic E-state index is 13.6. The summed E-state index contributed by atoms with van der Waals surface area (Å²) in [5, 5.41) is 30.8. The molecule has 2 aromatic carbocycles. The monoisotopic (exact) mass is 467 g/mol. The van der Waals surface area contributed by atoms with E-state index in [0.29, 0.717) is 11.5 Å². The van der Waals surface area contributed by atoms with E-state index in [2.05, 4.69) is 0 Å². The number of carbonyl (C=O) groups is 1. The number of hydrogen-bond acceptors (Lipinski definition) is 6. The number of aliphatic hydroxyl groups excluding tert-OH is 2. The van der Waals surface area contributed by atoms with Gasteiger partial charge in [-0.2, -0.15) is 0 Å². The van der Waals surface area contributed by atoms with Gasteiger partial charge in [0.25, 0.3) is 0 Å². The highest BCUT2D eigenvalue weighted by molar-refractivity contribution is 5.79. The molecule has 1 heterocycles. The second-order valence-electron chi connectivity index (χ2n) is 8.40. The molecule has 2 atom stereocenters. The molecule has 7 heteroatoms. The normalized spacial score (nSPS) is 13.4. The highest BCUT2D eigenvalue weighted by Gasteiger charge is 2.16. The molecular weight excluding hydrogens is 439 g/mol. The Kier molecular flexibility index (Phi) is 8.62. The zero-order valence-electron chi connectivity index (χ0n) is 19.1. The van der Waals surface area contributed by atoms with Crippen LogP contribution in [0.5, 0.6) is 5.75 Å². The largest absolute Gasteiger partial charge is 0.550 e. The van der Waals surface area contributed by atoms with Crippen LogP contribution in [0.4, 0.5) is 4.39 Å². The van der Waals surface area contributed by atoms with Crippen molar-refractivity contribution in [2.24, 2.45) is 0 Å². The third kappa shape index (κ3) is 7.04. The minimum Gasteiger partial charge on any atom is -0.550 e. The number of carboxylic acid groups (broad SMARTS) is 1. The predicted molar refractivity (Wildman–Crippen MR) is 124 cm³/mol. The van der Waals surface area contributed by atoms with Gasteiger partial charge in [-0.05, 0) is 64.6 Å². The van der Waals surface area contributed by atoms with Crippen molar-refractivity contribution in [1.29, 1.82) is 0 Å². The van der Waals surface area contributed by atoms with Crippen molar-refractivity contribution in [3.8, 4) is 16.9 Å². The number of halogens is 1. The molecule has 0 amide bonds. The molecule has 0 bridgehead atoms. The van der Waals surface area contributed by atoms with Crippen molar-refractivity contribution in [2.45, 2.75) is 51.4 Å². The van der Waals surface area contributed by atoms with Crippen molar-refractivity contribution in [3.05, 3.63) is 83.6 Å². The van der Waals surface area contributed by atoms with E-state index in [9.17, 15) is 24.5 Å². The lowest BCUT2D eigenvalue weighted by Gasteiger charge is -2.19. The number of hydrogen-bond donors (Lipinski definition) is 2. The lowest BCUT2D eigenvalue weighted by Crippen LogP contribution is -2.29. The first kappa shape index (κ1) is 25.2. The topological polar surface area (TPSA) is 103 Å². The van der Waals surface area contributed by atoms with Gasteiger partial charge >= 0.3 is 0 Å². The maximum Gasteiger partial charge on any atom is 0.146 e. The van der Waals surface area contributed by atoms with Crippen molar-refractivity contribution in [2.75, 3.05) is 0 Å². The fourth-order valence-electron chi connectivity index (χ4n) is 3.65. The molecule has 0 spiro atoms. The lowest BCUT2D eigenvalue weighted by molar-refractivity contribution is -0.307. The predicted octanol–water partition coefficient (Wildman–Crippen LogP) is 4.05. The van der Waals surface area contributed by atoms with E-state index >= 15 is 0 Å². The van der Waals surface area contributed by atoms with E-state index in [1.54, 1.807) is 30.5 Å². The van der Waals surface area contributed by atoms with E-state index in [0.717, 1.165) is 22.3 Å². The van der Waals surface area contributed by atoms with E-state index in [1.165, 1.54) is 18.2 Å². The van der Waals surface area contributed by atoms with Crippen LogP contribution in [0.2, 0.25) is 0 Å². The second kappa shape index (κ2) is 11.6. The van der Waals surface area contributed by atoms with Crippen molar-refractivity contribution in [1.82, 2.24) is 0 Å². The standard InChI is InChI=1S/C27H29FO6/c1-17(2)25-14-23(34-16-22-4-3-11-33-22)15-26(18-5-7-19(28)8-6-18)24(25)10-9-20(29)12-21(30)13-27(31)32/h3-11,14-15,17,20-21,29-30H,12-13,16H2,1-2H3,(H,31,32)/p-1/b10-9+. The van der Waals surface area contributed by atoms with Crippen LogP contribution >= 0.6 is 0 Å². The smallest absolute Gasteiger partial charge is 0.146 e. The first-order valence-electron chi connectivity index (χ1n) is 11.1. The molecule has 3 rings (SSSR count). The summed E-state index contributed by atoms with van der Waals surface area (Å²) in [6.07, 6.45) is 1.85. The highest BCUT2D eigenvalue weighted by atomic mass is 19.1. The molecule has 2 unspecified atom stereocenters. The minimum absolute atomic E-state index is 0.0897. The number of furan rings is 1. The molecule has 6 nitrogen and oxygen atoms in total. The van der Waals surface area contributed by atoms with Crippen LogP contribution in [0.1, 0.15) is 49.5 Å². The number of aliphatic carboxylic acids is 1. The van der Waals surface area contributed by atoms with E-state index < -0.39 is 24.6 Å². The summed E-state index contributed by atoms with van der Waals surface area (Å²) in [5.74, 6) is -0.355. The fraction of sp³-hybridized carbons (Fsp3) is 0.296. The third-order valence-corrected chi connectivity index (χ3v) is 5.32. The molecule has 0 aliphatic heterocycles. The van der Waals surface area contributed by atoms with Gasteiger partial charge in [-0.25, -0.2) is 4.39 Å². The van der Waals surface area contributed by atoms with Crippen molar-refractivity contribution < 1.29 is 33.7 Å². The van der Waals surface area contributed by atoms with Gasteiger partial charge in [-0.1, -0.05) is 38.1 Å². The van der Waals surface area contributed by atoms with Crippen LogP contribution in [0, 0.1) is 5.82 Å². The summed E-state index contributed by atoms with van der Waals surface area (Å²) in [4.78, 5) is 10.7. The Bertz CT molecular complexity index is 1100. The molecular formula is C27H28FO6-. The Hall–Kier alpha value is -3.42. The molecule has 0 aliphatic rings. The number of rotatable bonds is 11. The summed E-state index contributed by atoms with van der Waals surface area (Å²) >= 11 is 0. The van der Waals surface area contributed by atoms with Gasteiger partial charge in [0.15, 0.2) is 0 Å². The Morgan fingerprint density at radius 3 is 2.53 bits per heavy atom. The van der Waals surface area contributed by atoms with Gasteiger partial charge in [0.05, 0.1) is 18.5 Å². The number of carbonyl (C=O) groups excluding carboxylic acids is 1. The Balaban J connectivity index is 1.97. The van der Waals surface area contributed by atoms with Crippen molar-refractivity contribution in [3.63, 3.8) is 0 Å². The molecule has 0 fully saturated rings. The first-order valence-corrected chi connectivity index (χ1v) is 11.1. The third-order valence-electron chi connectivity index (χ3n) is 5.32. The second-order valence-corrected chi connectivity index (χ2v) is 8.40. The SMILES string of the molecule is CC(C)c1cc(OCc2ccco2)cc(-c2ccc(F)cc2)c1/C=C/C(O)CC(O)CC(=O)[O-]. The Morgan fingerprint density at radius 1 is 1.18 bits per heavy atom. The number of aliphatic hydroxyl groups is 2. The van der Waals surface area contributed by atoms with E-state index in [-0.39, 0.29) is 24.8 Å². The minimum atomic E-state index is -1.38. The number of ether oxygens (including phenoxy) is 1. The van der Waals surface area contributed by atoms with Gasteiger partial charge in [0.2, 0.25) is 0 Å². The van der Waals surface area contributed by atoms with Crippen LogP contribution in [0.15, 0.2) is 65.3 Å². The van der Waals surface area contributed by atoms with Gasteiger partial charge in [0.1, 0.15) is 23.9 Å². The Labute approximate surface area is 197 Å². The van der Waals surface area contributed by atoms with Crippen LogP contribution in [0.25, 0.3) is 17.2 Å². The lowest BCUT2D eigenvalue weighted by atomic mass is 9.89. The fourth-order valence-corrected chi connectivity index (χ4v) is 3.65. The summed E-state index contributed by atoms with van der Waals surface area (Å²) in [5.41, 5.74) is 3.28. The summed E-state index contributed by atoms with van der Waals surface area (Å²) in [7, 11) is 0. The summed E-state index contributed by atoms with van der Waals surface area (Å²) in [6, 6.07) is 13.4. The van der Waals surface area contributed by atoms with E-state index in [4.69, 9.17) is 9.15 Å². The molecule has 34 heavy (non-hydrogen) atoms. The maximum atomic E-state index is 13.6. The van der Waals surface area contributed by atoms with Gasteiger partial charge < -0.3 is 29.3 Å². The molecule has 1 aromatic heterocycles. The molecule has 180 valence electrons. The quantitative estimate of drug-likeness (QED) is 0.441. The zero-order chi connectivity index (χ0) is 24.7. The van der Waals surface area contributed by atoms with Gasteiger partial charge in [-0.15, -0.1) is 0 Å². The van der Waals surface area contributed by atoms with Crippen LogP contribution in [0.3, 0.4) is 0 Å². The van der Waals surface area contributed by atoms with Gasteiger partial charge in [-0.3, -0.25) is 0 Å². The van der Waals surface area contributed by atoms with Crippen LogP contribution < -0.4 is 9.84 Å². The molecule has 0 aliphatic carbocycles. The highest BCUT2D eigenvalue weighted by Crippen LogP contribution is 2.36. The molecule has 2 N–H and O–H groups in total. The average Bonchev–Trinajstić information content (AvgIpc) is 3.29. The van der Waals surface area contributed by atoms with Crippen LogP contribution in [-0.4, -0.2) is 28.4 Å². The molecule has 3 aromatic rings. The molecule has 0 radical (unpaired) electrons. The van der Waals surface area contributed by atoms with E-state index in [1.807, 2.05) is 32.0 Å². The van der Waals surface area contributed by atoms with Crippen molar-refractivity contribution >= 4 is 12.0 Å². The number of benzene rings is 2. The average molecular weight is 468 g/mol. The molecule has 0 saturated carbocycles. The van der Waals surface area contributed by atoms with Gasteiger partial charge in [0, 0.05) is 18.8 Å². The zero-order valence-corrected chi connectivity index (χ0v) is 19.1. The summed E-state index contributed by atoms with van der Waals surface area (Å²) in [6.45, 7) is 4.30. The number of carboxylic acids is 1. The first-order chi connectivity index (χ1) is 16.2. The van der Waals surface area contributed by atoms with Crippen LogP contribution in [-0.2, 0) is 11.4 Å². The molecule has 0 saturated heterocycles.